The van der Waals surface area contributed by atoms with Gasteiger partial charge in [-0.05, 0) is 37.5 Å². The summed E-state index contributed by atoms with van der Waals surface area (Å²) >= 11 is 0. The van der Waals surface area contributed by atoms with Crippen molar-refractivity contribution >= 4 is 5.69 Å². The molecule has 17 heavy (non-hydrogen) atoms. The smallest absolute Gasteiger partial charge is 0.0437 e. The molecule has 0 bridgehead atoms. The summed E-state index contributed by atoms with van der Waals surface area (Å²) in [4.78, 5) is 2.38. The Morgan fingerprint density at radius 1 is 1.18 bits per heavy atom. The zero-order valence-corrected chi connectivity index (χ0v) is 11.0. The largest absolute Gasteiger partial charge is 0.370 e. The third-order valence-corrected chi connectivity index (χ3v) is 3.94. The molecule has 0 radical (unpaired) electrons. The van der Waals surface area contributed by atoms with Crippen molar-refractivity contribution in [1.29, 1.82) is 0 Å². The second-order valence-electron chi connectivity index (χ2n) is 5.32. The van der Waals surface area contributed by atoms with Gasteiger partial charge in [0.05, 0.1) is 0 Å². The summed E-state index contributed by atoms with van der Waals surface area (Å²) in [6, 6.07) is 9.53. The molecule has 94 valence electrons. The van der Waals surface area contributed by atoms with Gasteiger partial charge >= 0.3 is 0 Å². The number of hydrogen-bond donors (Lipinski definition) is 1. The zero-order valence-electron chi connectivity index (χ0n) is 11.0. The molecule has 1 fully saturated rings. The number of nitrogens with zero attached hydrogens (tertiary/aromatic N) is 1. The van der Waals surface area contributed by atoms with Gasteiger partial charge in [0.1, 0.15) is 0 Å². The lowest BCUT2D eigenvalue weighted by Gasteiger charge is -2.33. The molecule has 2 atom stereocenters. The maximum absolute atomic E-state index is 6.31. The van der Waals surface area contributed by atoms with Crippen molar-refractivity contribution < 1.29 is 0 Å². The van der Waals surface area contributed by atoms with Gasteiger partial charge in [-0.2, -0.15) is 0 Å². The molecular formula is C15H24N2. The molecule has 1 aliphatic carbocycles. The van der Waals surface area contributed by atoms with E-state index in [9.17, 15) is 0 Å². The van der Waals surface area contributed by atoms with E-state index in [-0.39, 0.29) is 0 Å². The van der Waals surface area contributed by atoms with Gasteiger partial charge in [-0.1, -0.05) is 31.4 Å². The van der Waals surface area contributed by atoms with Gasteiger partial charge in [0, 0.05) is 24.8 Å². The third kappa shape index (κ3) is 3.01. The van der Waals surface area contributed by atoms with Crippen LogP contribution in [0.5, 0.6) is 0 Å². The van der Waals surface area contributed by atoms with Gasteiger partial charge in [-0.3, -0.25) is 0 Å². The Balaban J connectivity index is 2.14. The van der Waals surface area contributed by atoms with Crippen molar-refractivity contribution in [2.75, 3.05) is 11.9 Å². The standard InChI is InChI=1S/C15H24N2/c1-12-7-6-8-13(11-12)17(2)15-10-5-3-4-9-14(15)16/h6-8,11,14-15H,3-5,9-10,16H2,1-2H3. The summed E-state index contributed by atoms with van der Waals surface area (Å²) in [6.45, 7) is 2.14. The lowest BCUT2D eigenvalue weighted by molar-refractivity contribution is 0.480. The molecule has 0 aliphatic heterocycles. The molecule has 1 aromatic carbocycles. The van der Waals surface area contributed by atoms with Crippen molar-refractivity contribution in [3.05, 3.63) is 29.8 Å². The molecule has 0 heterocycles. The fraction of sp³-hybridized carbons (Fsp3) is 0.600. The number of anilines is 1. The summed E-state index contributed by atoms with van der Waals surface area (Å²) in [5, 5.41) is 0. The Hall–Kier alpha value is -1.02. The van der Waals surface area contributed by atoms with Crippen molar-refractivity contribution in [2.24, 2.45) is 5.73 Å². The molecule has 2 nitrogen and oxygen atoms in total. The second-order valence-corrected chi connectivity index (χ2v) is 5.32. The Bertz CT molecular complexity index is 362. The van der Waals surface area contributed by atoms with Crippen LogP contribution in [0.15, 0.2) is 24.3 Å². The number of aryl methyl sites for hydroxylation is 1. The molecule has 2 rings (SSSR count). The number of likely N-dealkylation sites (N-methyl/N-ethyl adjacent to an activating group) is 1. The minimum Gasteiger partial charge on any atom is -0.370 e. The first-order valence-corrected chi connectivity index (χ1v) is 6.73. The third-order valence-electron chi connectivity index (χ3n) is 3.94. The van der Waals surface area contributed by atoms with Gasteiger partial charge in [0.25, 0.3) is 0 Å². The van der Waals surface area contributed by atoms with Gasteiger partial charge in [0.15, 0.2) is 0 Å². The minimum absolute atomic E-state index is 0.322. The fourth-order valence-corrected chi connectivity index (χ4v) is 2.84. The highest BCUT2D eigenvalue weighted by Gasteiger charge is 2.24. The maximum atomic E-state index is 6.31. The molecular weight excluding hydrogens is 208 g/mol. The highest BCUT2D eigenvalue weighted by molar-refractivity contribution is 5.48. The summed E-state index contributed by atoms with van der Waals surface area (Å²) < 4.78 is 0. The Kier molecular flexibility index (Phi) is 4.06. The second kappa shape index (κ2) is 5.54. The highest BCUT2D eigenvalue weighted by atomic mass is 15.2. The monoisotopic (exact) mass is 232 g/mol. The van der Waals surface area contributed by atoms with Crippen LogP contribution >= 0.6 is 0 Å². The summed E-state index contributed by atoms with van der Waals surface area (Å²) in [5.41, 5.74) is 8.93. The molecule has 2 unspecified atom stereocenters. The molecule has 1 aliphatic rings. The predicted molar refractivity (Wildman–Crippen MR) is 74.4 cm³/mol. The van der Waals surface area contributed by atoms with E-state index in [0.717, 1.165) is 0 Å². The lowest BCUT2D eigenvalue weighted by atomic mass is 10.0. The topological polar surface area (TPSA) is 29.3 Å². The average Bonchev–Trinajstić information content (AvgIpc) is 2.53. The molecule has 0 aromatic heterocycles. The van der Waals surface area contributed by atoms with Gasteiger partial charge < -0.3 is 10.6 Å². The van der Waals surface area contributed by atoms with Crippen molar-refractivity contribution in [3.63, 3.8) is 0 Å². The minimum atomic E-state index is 0.322. The first kappa shape index (κ1) is 12.4. The van der Waals surface area contributed by atoms with Crippen molar-refractivity contribution in [2.45, 2.75) is 51.1 Å². The summed E-state index contributed by atoms with van der Waals surface area (Å²) in [6.07, 6.45) is 6.34. The Morgan fingerprint density at radius 2 is 1.94 bits per heavy atom. The van der Waals surface area contributed by atoms with E-state index in [1.807, 2.05) is 0 Å². The zero-order chi connectivity index (χ0) is 12.3. The van der Waals surface area contributed by atoms with Crippen LogP contribution in [0.4, 0.5) is 5.69 Å². The van der Waals surface area contributed by atoms with Crippen LogP contribution in [0.1, 0.15) is 37.7 Å². The van der Waals surface area contributed by atoms with Gasteiger partial charge in [-0.25, -0.2) is 0 Å². The molecule has 2 N–H and O–H groups in total. The first-order chi connectivity index (χ1) is 8.18. The molecule has 2 heteroatoms. The van der Waals surface area contributed by atoms with E-state index in [0.29, 0.717) is 12.1 Å². The van der Waals surface area contributed by atoms with Crippen LogP contribution in [-0.2, 0) is 0 Å². The van der Waals surface area contributed by atoms with E-state index >= 15 is 0 Å². The SMILES string of the molecule is Cc1cccc(N(C)C2CCCCCC2N)c1. The van der Waals surface area contributed by atoms with E-state index in [1.165, 1.54) is 43.4 Å². The van der Waals surface area contributed by atoms with Crippen LogP contribution in [0.3, 0.4) is 0 Å². The summed E-state index contributed by atoms with van der Waals surface area (Å²) in [7, 11) is 2.19. The van der Waals surface area contributed by atoms with Crippen molar-refractivity contribution in [3.8, 4) is 0 Å². The lowest BCUT2D eigenvalue weighted by Crippen LogP contribution is -2.45. The van der Waals surface area contributed by atoms with Crippen LogP contribution < -0.4 is 10.6 Å². The molecule has 1 saturated carbocycles. The predicted octanol–water partition coefficient (Wildman–Crippen LogP) is 3.09. The van der Waals surface area contributed by atoms with Crippen LogP contribution in [-0.4, -0.2) is 19.1 Å². The molecule has 0 amide bonds. The average molecular weight is 232 g/mol. The first-order valence-electron chi connectivity index (χ1n) is 6.73. The quantitative estimate of drug-likeness (QED) is 0.794. The van der Waals surface area contributed by atoms with Crippen molar-refractivity contribution in [1.82, 2.24) is 0 Å². The molecule has 0 spiro atoms. The summed E-state index contributed by atoms with van der Waals surface area (Å²) in [5.74, 6) is 0. The van der Waals surface area contributed by atoms with Crippen LogP contribution in [0, 0.1) is 6.92 Å². The Labute approximate surface area is 105 Å². The van der Waals surface area contributed by atoms with E-state index in [1.54, 1.807) is 0 Å². The van der Waals surface area contributed by atoms with E-state index in [4.69, 9.17) is 5.73 Å². The normalized spacial score (nSPS) is 25.4. The fourth-order valence-electron chi connectivity index (χ4n) is 2.84. The van der Waals surface area contributed by atoms with E-state index in [2.05, 4.69) is 43.1 Å². The Morgan fingerprint density at radius 3 is 2.71 bits per heavy atom. The molecule has 0 saturated heterocycles. The highest BCUT2D eigenvalue weighted by Crippen LogP contribution is 2.25. The van der Waals surface area contributed by atoms with Gasteiger partial charge in [-0.15, -0.1) is 0 Å². The number of hydrogen-bond acceptors (Lipinski definition) is 2. The number of rotatable bonds is 2. The molecule has 1 aromatic rings. The maximum Gasteiger partial charge on any atom is 0.0437 e. The number of benzene rings is 1. The van der Waals surface area contributed by atoms with Crippen LogP contribution in [0.25, 0.3) is 0 Å². The van der Waals surface area contributed by atoms with E-state index < -0.39 is 0 Å². The van der Waals surface area contributed by atoms with Gasteiger partial charge in [0.2, 0.25) is 0 Å². The number of nitrogens with two attached hydrogens (primary N) is 1. The van der Waals surface area contributed by atoms with Crippen LogP contribution in [0.2, 0.25) is 0 Å².